The van der Waals surface area contributed by atoms with E-state index in [9.17, 15) is 4.79 Å². The van der Waals surface area contributed by atoms with Crippen molar-refractivity contribution < 1.29 is 9.22 Å². The van der Waals surface area contributed by atoms with Crippen LogP contribution < -0.4 is 4.43 Å². The van der Waals surface area contributed by atoms with E-state index in [1.54, 1.807) is 6.20 Å². The number of fused-ring (bicyclic) bond motifs is 1. The number of benzene rings is 1. The Labute approximate surface area is 120 Å². The van der Waals surface area contributed by atoms with Crippen molar-refractivity contribution in [2.24, 2.45) is 0 Å². The lowest BCUT2D eigenvalue weighted by molar-refractivity contribution is 0.111. The first kappa shape index (κ1) is 14.7. The number of rotatable bonds is 3. The number of aldehydes is 1. The highest BCUT2D eigenvalue weighted by Gasteiger charge is 2.39. The van der Waals surface area contributed by atoms with Gasteiger partial charge in [-0.3, -0.25) is 4.79 Å². The van der Waals surface area contributed by atoms with Crippen LogP contribution in [0.2, 0.25) is 18.1 Å². The SMILES string of the molecule is CC(C)(C)[Si](C)(C)Oc1cccc2cnc(C=O)nc12. The van der Waals surface area contributed by atoms with Crippen LogP contribution in [-0.4, -0.2) is 24.6 Å². The number of carbonyl (C=O) groups is 1. The maximum absolute atomic E-state index is 10.8. The number of hydrogen-bond donors (Lipinski definition) is 0. The summed E-state index contributed by atoms with van der Waals surface area (Å²) in [4.78, 5) is 19.1. The third-order valence-corrected chi connectivity index (χ3v) is 8.21. The molecule has 0 saturated heterocycles. The lowest BCUT2D eigenvalue weighted by Gasteiger charge is -2.36. The summed E-state index contributed by atoms with van der Waals surface area (Å²) in [6.45, 7) is 10.9. The minimum atomic E-state index is -1.94. The minimum absolute atomic E-state index is 0.107. The van der Waals surface area contributed by atoms with Crippen molar-refractivity contribution in [2.45, 2.75) is 38.9 Å². The Hall–Kier alpha value is -1.75. The van der Waals surface area contributed by atoms with E-state index in [4.69, 9.17) is 4.43 Å². The number of hydrogen-bond acceptors (Lipinski definition) is 4. The smallest absolute Gasteiger partial charge is 0.250 e. The van der Waals surface area contributed by atoms with E-state index in [2.05, 4.69) is 43.8 Å². The Balaban J connectivity index is 2.52. The second-order valence-electron chi connectivity index (χ2n) is 6.40. The molecule has 0 aliphatic carbocycles. The topological polar surface area (TPSA) is 52.1 Å². The molecular weight excluding hydrogens is 268 g/mol. The van der Waals surface area contributed by atoms with Crippen molar-refractivity contribution in [3.63, 3.8) is 0 Å². The first-order valence-corrected chi connectivity index (χ1v) is 9.55. The Bertz CT molecular complexity index is 648. The highest BCUT2D eigenvalue weighted by Crippen LogP contribution is 2.38. The van der Waals surface area contributed by atoms with Gasteiger partial charge in [-0.2, -0.15) is 0 Å². The molecule has 4 nitrogen and oxygen atoms in total. The molecule has 5 heteroatoms. The van der Waals surface area contributed by atoms with E-state index >= 15 is 0 Å². The third kappa shape index (κ3) is 2.72. The lowest BCUT2D eigenvalue weighted by atomic mass is 10.2. The van der Waals surface area contributed by atoms with Gasteiger partial charge in [0.15, 0.2) is 12.1 Å². The molecule has 1 aromatic carbocycles. The monoisotopic (exact) mass is 288 g/mol. The molecule has 1 aromatic heterocycles. The van der Waals surface area contributed by atoms with E-state index in [0.29, 0.717) is 11.8 Å². The summed E-state index contributed by atoms with van der Waals surface area (Å²) < 4.78 is 6.31. The molecule has 0 aliphatic heterocycles. The zero-order chi connectivity index (χ0) is 15.0. The van der Waals surface area contributed by atoms with Crippen molar-refractivity contribution in [3.05, 3.63) is 30.2 Å². The summed E-state index contributed by atoms with van der Waals surface area (Å²) in [7, 11) is -1.94. The second kappa shape index (κ2) is 4.98. The fourth-order valence-corrected chi connectivity index (χ4v) is 2.63. The Morgan fingerprint density at radius 3 is 2.55 bits per heavy atom. The van der Waals surface area contributed by atoms with Crippen LogP contribution in [0.15, 0.2) is 24.4 Å². The zero-order valence-corrected chi connectivity index (χ0v) is 13.6. The van der Waals surface area contributed by atoms with Gasteiger partial charge in [0.05, 0.1) is 0 Å². The molecule has 0 spiro atoms. The standard InChI is InChI=1S/C15H20N2O2Si/c1-15(2,3)20(4,5)19-12-8-6-7-11-9-16-13(10-18)17-14(11)12/h6-10H,1-5H3. The van der Waals surface area contributed by atoms with Crippen molar-refractivity contribution in [3.8, 4) is 5.75 Å². The summed E-state index contributed by atoms with van der Waals surface area (Å²) in [5.74, 6) is 0.920. The average Bonchev–Trinajstić information content (AvgIpc) is 2.37. The summed E-state index contributed by atoms with van der Waals surface area (Å²) in [6, 6.07) is 5.75. The van der Waals surface area contributed by atoms with Gasteiger partial charge in [0, 0.05) is 11.6 Å². The zero-order valence-electron chi connectivity index (χ0n) is 12.6. The molecule has 106 valence electrons. The Morgan fingerprint density at radius 1 is 1.25 bits per heavy atom. The van der Waals surface area contributed by atoms with Crippen LogP contribution in [0.1, 0.15) is 31.4 Å². The number of aromatic nitrogens is 2. The predicted molar refractivity (Wildman–Crippen MR) is 82.8 cm³/mol. The normalized spacial score (nSPS) is 12.4. The van der Waals surface area contributed by atoms with Crippen LogP contribution in [0.5, 0.6) is 5.75 Å². The molecule has 0 saturated carbocycles. The Kier molecular flexibility index (Phi) is 3.65. The molecule has 20 heavy (non-hydrogen) atoms. The van der Waals surface area contributed by atoms with Crippen molar-refractivity contribution in [2.75, 3.05) is 0 Å². The fraction of sp³-hybridized carbons (Fsp3) is 0.400. The van der Waals surface area contributed by atoms with E-state index in [1.807, 2.05) is 18.2 Å². The minimum Gasteiger partial charge on any atom is -0.542 e. The van der Waals surface area contributed by atoms with Gasteiger partial charge in [-0.15, -0.1) is 0 Å². The van der Waals surface area contributed by atoms with E-state index < -0.39 is 8.32 Å². The molecular formula is C15H20N2O2Si. The second-order valence-corrected chi connectivity index (χ2v) is 11.1. The van der Waals surface area contributed by atoms with Gasteiger partial charge < -0.3 is 4.43 Å². The quantitative estimate of drug-likeness (QED) is 0.636. The molecule has 2 aromatic rings. The molecule has 0 N–H and O–H groups in total. The van der Waals surface area contributed by atoms with Gasteiger partial charge in [-0.1, -0.05) is 32.9 Å². The molecule has 0 bridgehead atoms. The number of carbonyl (C=O) groups excluding carboxylic acids is 1. The maximum atomic E-state index is 10.8. The number of nitrogens with zero attached hydrogens (tertiary/aromatic N) is 2. The van der Waals surface area contributed by atoms with Crippen LogP contribution in [-0.2, 0) is 0 Å². The molecule has 0 atom stereocenters. The largest absolute Gasteiger partial charge is 0.542 e. The maximum Gasteiger partial charge on any atom is 0.250 e. The molecule has 0 amide bonds. The van der Waals surface area contributed by atoms with Crippen LogP contribution >= 0.6 is 0 Å². The highest BCUT2D eigenvalue weighted by molar-refractivity contribution is 6.74. The lowest BCUT2D eigenvalue weighted by Crippen LogP contribution is -2.43. The van der Waals surface area contributed by atoms with Crippen molar-refractivity contribution in [1.82, 2.24) is 9.97 Å². The Morgan fingerprint density at radius 2 is 1.95 bits per heavy atom. The van der Waals surface area contributed by atoms with Crippen LogP contribution in [0.4, 0.5) is 0 Å². The van der Waals surface area contributed by atoms with Gasteiger partial charge in [0.2, 0.25) is 0 Å². The van der Waals surface area contributed by atoms with E-state index in [0.717, 1.165) is 11.1 Å². The van der Waals surface area contributed by atoms with Gasteiger partial charge >= 0.3 is 0 Å². The van der Waals surface area contributed by atoms with Crippen LogP contribution in [0.3, 0.4) is 0 Å². The molecule has 0 fully saturated rings. The van der Waals surface area contributed by atoms with Crippen LogP contribution in [0, 0.1) is 0 Å². The van der Waals surface area contributed by atoms with E-state index in [-0.39, 0.29) is 10.9 Å². The molecule has 0 radical (unpaired) electrons. The summed E-state index contributed by atoms with van der Waals surface area (Å²) >= 11 is 0. The number of para-hydroxylation sites is 1. The van der Waals surface area contributed by atoms with Gasteiger partial charge in [0.1, 0.15) is 11.3 Å². The molecule has 0 aliphatic rings. The van der Waals surface area contributed by atoms with Gasteiger partial charge in [-0.25, -0.2) is 9.97 Å². The third-order valence-electron chi connectivity index (χ3n) is 3.87. The summed E-state index contributed by atoms with van der Waals surface area (Å²) in [5, 5.41) is 0.988. The van der Waals surface area contributed by atoms with Gasteiger partial charge in [-0.05, 0) is 24.2 Å². The predicted octanol–water partition coefficient (Wildman–Crippen LogP) is 3.83. The summed E-state index contributed by atoms with van der Waals surface area (Å²) in [5.41, 5.74) is 0.703. The van der Waals surface area contributed by atoms with Crippen molar-refractivity contribution >= 4 is 25.5 Å². The van der Waals surface area contributed by atoms with E-state index in [1.165, 1.54) is 0 Å². The molecule has 0 unspecified atom stereocenters. The molecule has 1 heterocycles. The highest BCUT2D eigenvalue weighted by atomic mass is 28.4. The fourth-order valence-electron chi connectivity index (χ4n) is 1.61. The first-order valence-electron chi connectivity index (χ1n) is 6.64. The average molecular weight is 288 g/mol. The van der Waals surface area contributed by atoms with Crippen LogP contribution in [0.25, 0.3) is 10.9 Å². The first-order chi connectivity index (χ1) is 9.24. The van der Waals surface area contributed by atoms with Gasteiger partial charge in [0.25, 0.3) is 8.32 Å². The summed E-state index contributed by atoms with van der Waals surface area (Å²) in [6.07, 6.45) is 2.31. The molecule has 2 rings (SSSR count). The van der Waals surface area contributed by atoms with Crippen molar-refractivity contribution in [1.29, 1.82) is 0 Å².